The van der Waals surface area contributed by atoms with Gasteiger partial charge in [0.25, 0.3) is 0 Å². The van der Waals surface area contributed by atoms with Gasteiger partial charge in [-0.1, -0.05) is 31.4 Å². The fraction of sp³-hybridized carbons (Fsp3) is 0.579. The van der Waals surface area contributed by atoms with Crippen molar-refractivity contribution in [2.45, 2.75) is 56.9 Å². The zero-order valence-corrected chi connectivity index (χ0v) is 16.6. The summed E-state index contributed by atoms with van der Waals surface area (Å²) in [6.07, 6.45) is 5.41. The monoisotopic (exact) mass is 380 g/mol. The van der Waals surface area contributed by atoms with Gasteiger partial charge in [0.15, 0.2) is 5.78 Å². The highest BCUT2D eigenvalue weighted by Gasteiger charge is 2.28. The topological polar surface area (TPSA) is 74.8 Å². The lowest BCUT2D eigenvalue weighted by atomic mass is 9.94. The van der Waals surface area contributed by atoms with Crippen molar-refractivity contribution in [3.63, 3.8) is 0 Å². The van der Waals surface area contributed by atoms with Crippen molar-refractivity contribution in [3.05, 3.63) is 29.8 Å². The Morgan fingerprint density at radius 1 is 1.08 bits per heavy atom. The van der Waals surface area contributed by atoms with Crippen LogP contribution in [0.1, 0.15) is 56.3 Å². The van der Waals surface area contributed by atoms with Crippen LogP contribution in [0.4, 0.5) is 0 Å². The molecule has 0 aliphatic heterocycles. The number of ketones is 1. The predicted octanol–water partition coefficient (Wildman–Crippen LogP) is 2.69. The van der Waals surface area contributed by atoms with Crippen molar-refractivity contribution in [2.24, 2.45) is 0 Å². The molecule has 1 aliphatic carbocycles. The van der Waals surface area contributed by atoms with E-state index in [1.165, 1.54) is 44.7 Å². The quantitative estimate of drug-likeness (QED) is 0.682. The fourth-order valence-electron chi connectivity index (χ4n) is 3.44. The van der Waals surface area contributed by atoms with Crippen molar-refractivity contribution >= 4 is 21.7 Å². The highest BCUT2D eigenvalue weighted by atomic mass is 32.2. The molecule has 1 aromatic rings. The van der Waals surface area contributed by atoms with E-state index in [1.54, 1.807) is 0 Å². The molecule has 1 aromatic carbocycles. The molecule has 0 unspecified atom stereocenters. The third kappa shape index (κ3) is 4.71. The number of carbonyl (C=O) groups is 2. The molecule has 2 rings (SSSR count). The summed E-state index contributed by atoms with van der Waals surface area (Å²) in [6, 6.07) is 6.01. The smallest absolute Gasteiger partial charge is 0.243 e. The van der Waals surface area contributed by atoms with Gasteiger partial charge in [0.2, 0.25) is 15.9 Å². The number of Topliss-reactive ketones (excluding diaryl/α,β-unsaturated/α-hetero) is 1. The van der Waals surface area contributed by atoms with E-state index in [2.05, 4.69) is 0 Å². The van der Waals surface area contributed by atoms with Crippen molar-refractivity contribution in [1.82, 2.24) is 9.21 Å². The highest BCUT2D eigenvalue weighted by molar-refractivity contribution is 7.89. The molecule has 6 nitrogen and oxygen atoms in total. The molecule has 26 heavy (non-hydrogen) atoms. The van der Waals surface area contributed by atoms with E-state index in [0.29, 0.717) is 12.1 Å². The maximum Gasteiger partial charge on any atom is 0.243 e. The Hall–Kier alpha value is -1.73. The summed E-state index contributed by atoms with van der Waals surface area (Å²) in [5, 5.41) is 0. The minimum Gasteiger partial charge on any atom is -0.339 e. The van der Waals surface area contributed by atoms with Crippen LogP contribution in [-0.4, -0.2) is 55.5 Å². The molecule has 0 spiro atoms. The van der Waals surface area contributed by atoms with Gasteiger partial charge in [0, 0.05) is 25.2 Å². The van der Waals surface area contributed by atoms with Crippen LogP contribution in [-0.2, 0) is 14.8 Å². The second kappa shape index (κ2) is 8.77. The number of rotatable bonds is 7. The second-order valence-corrected chi connectivity index (χ2v) is 8.86. The minimum absolute atomic E-state index is 0.0820. The summed E-state index contributed by atoms with van der Waals surface area (Å²) in [5.41, 5.74) is 0.456. The number of hydrogen-bond donors (Lipinski definition) is 0. The van der Waals surface area contributed by atoms with Crippen LogP contribution in [0.15, 0.2) is 29.2 Å². The standard InChI is InChI=1S/C19H28N2O4S/c1-4-21(17-8-6-5-7-9-17)19(23)14-20(3)26(24,25)18-12-10-16(11-13-18)15(2)22/h10-13,17H,4-9,14H2,1-3H3. The van der Waals surface area contributed by atoms with Crippen molar-refractivity contribution in [2.75, 3.05) is 20.1 Å². The summed E-state index contributed by atoms with van der Waals surface area (Å²) in [4.78, 5) is 25.9. The number of benzene rings is 1. The maximum atomic E-state index is 12.7. The second-order valence-electron chi connectivity index (χ2n) is 6.81. The number of nitrogens with zero attached hydrogens (tertiary/aromatic N) is 2. The first-order valence-electron chi connectivity index (χ1n) is 9.14. The van der Waals surface area contributed by atoms with E-state index < -0.39 is 10.0 Å². The maximum absolute atomic E-state index is 12.7. The molecule has 0 atom stereocenters. The Morgan fingerprint density at radius 2 is 1.65 bits per heavy atom. The number of sulfonamides is 1. The third-order valence-electron chi connectivity index (χ3n) is 5.00. The number of hydrogen-bond acceptors (Lipinski definition) is 4. The number of amides is 1. The molecule has 1 aliphatic rings. The van der Waals surface area contributed by atoms with E-state index in [1.807, 2.05) is 11.8 Å². The van der Waals surface area contributed by atoms with E-state index in [-0.39, 0.29) is 29.2 Å². The molecule has 0 bridgehead atoms. The Bertz CT molecular complexity index is 737. The summed E-state index contributed by atoms with van der Waals surface area (Å²) in [7, 11) is -2.36. The Labute approximate surface area is 156 Å². The Kier molecular flexibility index (Phi) is 6.94. The predicted molar refractivity (Wildman–Crippen MR) is 101 cm³/mol. The molecule has 0 N–H and O–H groups in total. The van der Waals surface area contributed by atoms with Crippen LogP contribution in [0.5, 0.6) is 0 Å². The molecular weight excluding hydrogens is 352 g/mol. The molecule has 1 amide bonds. The van der Waals surface area contributed by atoms with Gasteiger partial charge < -0.3 is 4.90 Å². The van der Waals surface area contributed by atoms with Crippen molar-refractivity contribution in [1.29, 1.82) is 0 Å². The van der Waals surface area contributed by atoms with Gasteiger partial charge >= 0.3 is 0 Å². The highest BCUT2D eigenvalue weighted by Crippen LogP contribution is 2.23. The Morgan fingerprint density at radius 3 is 2.15 bits per heavy atom. The van der Waals surface area contributed by atoms with Gasteiger partial charge in [-0.25, -0.2) is 8.42 Å². The van der Waals surface area contributed by atoms with Gasteiger partial charge in [-0.2, -0.15) is 4.31 Å². The molecule has 0 saturated heterocycles. The number of likely N-dealkylation sites (N-methyl/N-ethyl adjacent to an activating group) is 2. The van der Waals surface area contributed by atoms with Crippen molar-refractivity contribution in [3.8, 4) is 0 Å². The lowest BCUT2D eigenvalue weighted by Crippen LogP contribution is -2.46. The van der Waals surface area contributed by atoms with Crippen LogP contribution < -0.4 is 0 Å². The lowest BCUT2D eigenvalue weighted by molar-refractivity contribution is -0.133. The zero-order valence-electron chi connectivity index (χ0n) is 15.8. The summed E-state index contributed by atoms with van der Waals surface area (Å²) in [5.74, 6) is -0.283. The molecule has 0 aromatic heterocycles. The molecule has 0 heterocycles. The van der Waals surface area contributed by atoms with Crippen LogP contribution in [0.25, 0.3) is 0 Å². The summed E-state index contributed by atoms with van der Waals surface area (Å²) >= 11 is 0. The van der Waals surface area contributed by atoms with Gasteiger partial charge in [-0.3, -0.25) is 9.59 Å². The summed E-state index contributed by atoms with van der Waals surface area (Å²) in [6.45, 7) is 3.77. The molecule has 144 valence electrons. The first kappa shape index (κ1) is 20.6. The molecule has 1 saturated carbocycles. The van der Waals surface area contributed by atoms with E-state index >= 15 is 0 Å². The normalized spacial score (nSPS) is 15.8. The largest absolute Gasteiger partial charge is 0.339 e. The first-order valence-corrected chi connectivity index (χ1v) is 10.6. The average Bonchev–Trinajstić information content (AvgIpc) is 2.63. The van der Waals surface area contributed by atoms with E-state index in [0.717, 1.165) is 30.0 Å². The Balaban J connectivity index is 2.09. The summed E-state index contributed by atoms with van der Waals surface area (Å²) < 4.78 is 26.5. The van der Waals surface area contributed by atoms with Gasteiger partial charge in [0.05, 0.1) is 11.4 Å². The first-order chi connectivity index (χ1) is 12.3. The van der Waals surface area contributed by atoms with Gasteiger partial charge in [0.1, 0.15) is 0 Å². The van der Waals surface area contributed by atoms with Gasteiger partial charge in [-0.15, -0.1) is 0 Å². The van der Waals surface area contributed by atoms with Crippen LogP contribution >= 0.6 is 0 Å². The average molecular weight is 381 g/mol. The van der Waals surface area contributed by atoms with Crippen LogP contribution in [0, 0.1) is 0 Å². The molecular formula is C19H28N2O4S. The zero-order chi connectivity index (χ0) is 19.3. The van der Waals surface area contributed by atoms with E-state index in [9.17, 15) is 18.0 Å². The van der Waals surface area contributed by atoms with Gasteiger partial charge in [-0.05, 0) is 38.8 Å². The third-order valence-corrected chi connectivity index (χ3v) is 6.82. The molecule has 0 radical (unpaired) electrons. The van der Waals surface area contributed by atoms with Crippen LogP contribution in [0.2, 0.25) is 0 Å². The fourth-order valence-corrected chi connectivity index (χ4v) is 4.56. The van der Waals surface area contributed by atoms with Crippen molar-refractivity contribution < 1.29 is 18.0 Å². The number of carbonyl (C=O) groups excluding carboxylic acids is 2. The van der Waals surface area contributed by atoms with E-state index in [4.69, 9.17) is 0 Å². The minimum atomic E-state index is -3.77. The van der Waals surface area contributed by atoms with Crippen LogP contribution in [0.3, 0.4) is 0 Å². The molecule has 1 fully saturated rings. The lowest BCUT2D eigenvalue weighted by Gasteiger charge is -2.34. The SMILES string of the molecule is CCN(C(=O)CN(C)S(=O)(=O)c1ccc(C(C)=O)cc1)C1CCCCC1. The molecule has 7 heteroatoms.